The summed E-state index contributed by atoms with van der Waals surface area (Å²) < 4.78 is 0. The summed E-state index contributed by atoms with van der Waals surface area (Å²) in [5.41, 5.74) is 0. The van der Waals surface area contributed by atoms with E-state index in [1.165, 1.54) is 4.90 Å². The minimum Gasteiger partial charge on any atom is -0.311 e. The van der Waals surface area contributed by atoms with Gasteiger partial charge in [0.25, 0.3) is 0 Å². The van der Waals surface area contributed by atoms with E-state index >= 15 is 0 Å². The zero-order chi connectivity index (χ0) is 7.23. The lowest BCUT2D eigenvalue weighted by Gasteiger charge is -1.97. The van der Waals surface area contributed by atoms with E-state index in [0.29, 0.717) is 0 Å². The molecule has 0 aliphatic rings. The normalized spacial score (nSPS) is 9.70. The van der Waals surface area contributed by atoms with Crippen molar-refractivity contribution in [3.8, 4) is 0 Å². The molecule has 54 valence electrons. The van der Waals surface area contributed by atoms with Crippen molar-refractivity contribution in [2.45, 2.75) is 4.90 Å². The molecule has 0 saturated heterocycles. The molecule has 0 amide bonds. The molecule has 0 aliphatic carbocycles. The SMILES string of the molecule is CNCSc1ccccc1. The molecule has 0 radical (unpaired) electrons. The number of hydrogen-bond acceptors (Lipinski definition) is 2. The van der Waals surface area contributed by atoms with Crippen LogP contribution in [0.4, 0.5) is 0 Å². The first-order chi connectivity index (χ1) is 4.93. The van der Waals surface area contributed by atoms with Gasteiger partial charge in [0.05, 0.1) is 0 Å². The van der Waals surface area contributed by atoms with Crippen LogP contribution < -0.4 is 5.32 Å². The Balaban J connectivity index is 2.43. The molecule has 0 heterocycles. The smallest absolute Gasteiger partial charge is 0.0463 e. The van der Waals surface area contributed by atoms with Crippen molar-refractivity contribution in [2.24, 2.45) is 0 Å². The van der Waals surface area contributed by atoms with E-state index in [4.69, 9.17) is 0 Å². The molecule has 10 heavy (non-hydrogen) atoms. The summed E-state index contributed by atoms with van der Waals surface area (Å²) in [6.45, 7) is 0. The third-order valence-corrected chi connectivity index (χ3v) is 2.16. The van der Waals surface area contributed by atoms with Crippen molar-refractivity contribution in [1.82, 2.24) is 5.32 Å². The van der Waals surface area contributed by atoms with Gasteiger partial charge in [0.15, 0.2) is 0 Å². The Morgan fingerprint density at radius 3 is 2.60 bits per heavy atom. The molecule has 0 unspecified atom stereocenters. The number of hydrogen-bond donors (Lipinski definition) is 1. The lowest BCUT2D eigenvalue weighted by Crippen LogP contribution is -2.02. The summed E-state index contributed by atoms with van der Waals surface area (Å²) in [6.07, 6.45) is 0. The first-order valence-electron chi connectivity index (χ1n) is 3.26. The topological polar surface area (TPSA) is 12.0 Å². The maximum Gasteiger partial charge on any atom is 0.0463 e. The second-order valence-corrected chi connectivity index (χ2v) is 3.00. The molecule has 0 aliphatic heterocycles. The summed E-state index contributed by atoms with van der Waals surface area (Å²) in [4.78, 5) is 1.32. The molecule has 1 aromatic carbocycles. The summed E-state index contributed by atoms with van der Waals surface area (Å²) >= 11 is 1.81. The summed E-state index contributed by atoms with van der Waals surface area (Å²) in [5.74, 6) is 0.976. The molecule has 0 spiro atoms. The molecule has 2 heteroatoms. The van der Waals surface area contributed by atoms with E-state index in [9.17, 15) is 0 Å². The molecule has 1 aromatic rings. The van der Waals surface area contributed by atoms with Crippen molar-refractivity contribution < 1.29 is 0 Å². The van der Waals surface area contributed by atoms with Crippen molar-refractivity contribution in [1.29, 1.82) is 0 Å². The van der Waals surface area contributed by atoms with E-state index < -0.39 is 0 Å². The van der Waals surface area contributed by atoms with Crippen LogP contribution in [0.3, 0.4) is 0 Å². The Morgan fingerprint density at radius 2 is 2.00 bits per heavy atom. The van der Waals surface area contributed by atoms with Crippen LogP contribution in [0.1, 0.15) is 0 Å². The Morgan fingerprint density at radius 1 is 1.30 bits per heavy atom. The summed E-state index contributed by atoms with van der Waals surface area (Å²) in [6, 6.07) is 10.4. The van der Waals surface area contributed by atoms with E-state index in [2.05, 4.69) is 29.6 Å². The molecule has 0 atom stereocenters. The van der Waals surface area contributed by atoms with Crippen LogP contribution in [0.25, 0.3) is 0 Å². The summed E-state index contributed by atoms with van der Waals surface area (Å²) in [5, 5.41) is 3.08. The monoisotopic (exact) mass is 153 g/mol. The van der Waals surface area contributed by atoms with Gasteiger partial charge in [-0.2, -0.15) is 0 Å². The molecule has 1 rings (SSSR count). The van der Waals surface area contributed by atoms with Crippen molar-refractivity contribution in [2.75, 3.05) is 12.9 Å². The molecule has 0 aromatic heterocycles. The van der Waals surface area contributed by atoms with Gasteiger partial charge in [-0.15, -0.1) is 11.8 Å². The Bertz CT molecular complexity index is 174. The van der Waals surface area contributed by atoms with Crippen LogP contribution in [0.5, 0.6) is 0 Å². The second kappa shape index (κ2) is 4.36. The van der Waals surface area contributed by atoms with Gasteiger partial charge in [-0.1, -0.05) is 18.2 Å². The molecule has 1 N–H and O–H groups in total. The number of rotatable bonds is 3. The average molecular weight is 153 g/mol. The van der Waals surface area contributed by atoms with Crippen LogP contribution in [0.15, 0.2) is 35.2 Å². The lowest BCUT2D eigenvalue weighted by molar-refractivity contribution is 0.982. The maximum atomic E-state index is 3.08. The van der Waals surface area contributed by atoms with Crippen molar-refractivity contribution >= 4 is 11.8 Å². The van der Waals surface area contributed by atoms with Gasteiger partial charge >= 0.3 is 0 Å². The standard InChI is InChI=1S/C8H11NS/c1-9-7-10-8-5-3-2-4-6-8/h2-6,9H,7H2,1H3. The fourth-order valence-electron chi connectivity index (χ4n) is 0.672. The third-order valence-electron chi connectivity index (χ3n) is 1.13. The fraction of sp³-hybridized carbons (Fsp3) is 0.250. The largest absolute Gasteiger partial charge is 0.311 e. The Kier molecular flexibility index (Phi) is 3.33. The molecule has 0 saturated carbocycles. The zero-order valence-electron chi connectivity index (χ0n) is 6.00. The zero-order valence-corrected chi connectivity index (χ0v) is 6.82. The fourth-order valence-corrected chi connectivity index (χ4v) is 1.33. The van der Waals surface area contributed by atoms with Gasteiger partial charge in [0, 0.05) is 10.8 Å². The molecular formula is C8H11NS. The predicted molar refractivity (Wildman–Crippen MR) is 46.2 cm³/mol. The highest BCUT2D eigenvalue weighted by molar-refractivity contribution is 7.99. The Hall–Kier alpha value is -0.470. The van der Waals surface area contributed by atoms with Gasteiger partial charge in [-0.25, -0.2) is 0 Å². The van der Waals surface area contributed by atoms with Crippen LogP contribution >= 0.6 is 11.8 Å². The van der Waals surface area contributed by atoms with Gasteiger partial charge < -0.3 is 5.32 Å². The van der Waals surface area contributed by atoms with Crippen LogP contribution in [-0.2, 0) is 0 Å². The second-order valence-electron chi connectivity index (χ2n) is 1.96. The van der Waals surface area contributed by atoms with E-state index in [-0.39, 0.29) is 0 Å². The molecule has 0 bridgehead atoms. The molecule has 1 nitrogen and oxygen atoms in total. The number of thioether (sulfide) groups is 1. The average Bonchev–Trinajstić information content (AvgIpc) is 2.03. The van der Waals surface area contributed by atoms with Crippen LogP contribution in [-0.4, -0.2) is 12.9 Å². The first kappa shape index (κ1) is 7.63. The highest BCUT2D eigenvalue weighted by atomic mass is 32.2. The first-order valence-corrected chi connectivity index (χ1v) is 4.24. The predicted octanol–water partition coefficient (Wildman–Crippen LogP) is 1.96. The number of benzene rings is 1. The quantitative estimate of drug-likeness (QED) is 0.526. The van der Waals surface area contributed by atoms with E-state index in [0.717, 1.165) is 5.88 Å². The minimum atomic E-state index is 0.976. The number of nitrogens with one attached hydrogen (secondary N) is 1. The van der Waals surface area contributed by atoms with Crippen molar-refractivity contribution in [3.63, 3.8) is 0 Å². The molecule has 0 fully saturated rings. The third kappa shape index (κ3) is 2.42. The van der Waals surface area contributed by atoms with Gasteiger partial charge in [-0.05, 0) is 19.2 Å². The van der Waals surface area contributed by atoms with Gasteiger partial charge in [-0.3, -0.25) is 0 Å². The van der Waals surface area contributed by atoms with Crippen molar-refractivity contribution in [3.05, 3.63) is 30.3 Å². The lowest BCUT2D eigenvalue weighted by atomic mass is 10.4. The van der Waals surface area contributed by atoms with Gasteiger partial charge in [0.1, 0.15) is 0 Å². The highest BCUT2D eigenvalue weighted by Gasteiger charge is 1.87. The van der Waals surface area contributed by atoms with Gasteiger partial charge in [0.2, 0.25) is 0 Å². The van der Waals surface area contributed by atoms with Crippen LogP contribution in [0.2, 0.25) is 0 Å². The highest BCUT2D eigenvalue weighted by Crippen LogP contribution is 2.14. The van der Waals surface area contributed by atoms with E-state index in [1.807, 2.05) is 24.9 Å². The van der Waals surface area contributed by atoms with Crippen LogP contribution in [0, 0.1) is 0 Å². The van der Waals surface area contributed by atoms with E-state index in [1.54, 1.807) is 0 Å². The Labute approximate surface area is 65.8 Å². The molecular weight excluding hydrogens is 142 g/mol. The maximum absolute atomic E-state index is 3.08. The minimum absolute atomic E-state index is 0.976. The summed E-state index contributed by atoms with van der Waals surface area (Å²) in [7, 11) is 1.95.